The molecule has 0 saturated heterocycles. The first-order valence-electron chi connectivity index (χ1n) is 7.44. The molecule has 1 unspecified atom stereocenters. The summed E-state index contributed by atoms with van der Waals surface area (Å²) in [5, 5.41) is 4.55. The minimum Gasteiger partial charge on any atom is -0.313 e. The zero-order valence-electron chi connectivity index (χ0n) is 12.5. The van der Waals surface area contributed by atoms with Crippen LogP contribution in [0.2, 0.25) is 0 Å². The molecule has 2 nitrogen and oxygen atoms in total. The Bertz CT molecular complexity index is 745. The molecule has 1 aromatic heterocycles. The number of nitrogens with one attached hydrogen (secondary N) is 1. The molecule has 1 atom stereocenters. The molecule has 0 bridgehead atoms. The fraction of sp³-hybridized carbons (Fsp3) is 0.211. The summed E-state index contributed by atoms with van der Waals surface area (Å²) in [6.07, 6.45) is 2.92. The molecule has 106 valence electrons. The maximum absolute atomic E-state index is 4.38. The minimum absolute atomic E-state index is 0.409. The third-order valence-corrected chi connectivity index (χ3v) is 3.98. The van der Waals surface area contributed by atoms with Crippen LogP contribution in [0.1, 0.15) is 24.9 Å². The van der Waals surface area contributed by atoms with E-state index in [9.17, 15) is 0 Å². The molecule has 0 aliphatic rings. The Hall–Kier alpha value is -2.19. The summed E-state index contributed by atoms with van der Waals surface area (Å²) < 4.78 is 0. The Labute approximate surface area is 125 Å². The largest absolute Gasteiger partial charge is 0.313 e. The van der Waals surface area contributed by atoms with Crippen LogP contribution in [0.15, 0.2) is 60.8 Å². The predicted molar refractivity (Wildman–Crippen MR) is 89.3 cm³/mol. The van der Waals surface area contributed by atoms with Crippen LogP contribution in [0.4, 0.5) is 0 Å². The maximum atomic E-state index is 4.38. The van der Waals surface area contributed by atoms with E-state index < -0.39 is 0 Å². The van der Waals surface area contributed by atoms with Gasteiger partial charge in [0.05, 0.1) is 5.52 Å². The number of hydrogen-bond donors (Lipinski definition) is 1. The lowest BCUT2D eigenvalue weighted by Gasteiger charge is -2.15. The zero-order valence-corrected chi connectivity index (χ0v) is 12.5. The second kappa shape index (κ2) is 6.06. The van der Waals surface area contributed by atoms with Gasteiger partial charge in [-0.1, -0.05) is 37.3 Å². The summed E-state index contributed by atoms with van der Waals surface area (Å²) >= 11 is 0. The van der Waals surface area contributed by atoms with Crippen molar-refractivity contribution in [1.82, 2.24) is 10.3 Å². The van der Waals surface area contributed by atoms with Gasteiger partial charge >= 0.3 is 0 Å². The van der Waals surface area contributed by atoms with E-state index in [4.69, 9.17) is 0 Å². The summed E-state index contributed by atoms with van der Waals surface area (Å²) in [7, 11) is 2.02. The van der Waals surface area contributed by atoms with Crippen molar-refractivity contribution in [3.05, 3.63) is 66.4 Å². The average molecular weight is 276 g/mol. The van der Waals surface area contributed by atoms with Crippen LogP contribution in [0, 0.1) is 0 Å². The molecule has 2 heteroatoms. The first-order chi connectivity index (χ1) is 10.3. The van der Waals surface area contributed by atoms with E-state index in [-0.39, 0.29) is 0 Å². The van der Waals surface area contributed by atoms with Crippen LogP contribution in [-0.4, -0.2) is 12.0 Å². The number of aromatic nitrogens is 1. The number of pyridine rings is 1. The molecule has 3 rings (SSSR count). The third kappa shape index (κ3) is 2.81. The molecule has 2 aromatic carbocycles. The average Bonchev–Trinajstić information content (AvgIpc) is 2.56. The standard InChI is InChI=1S/C19H20N2/c1-3-18(20-2)16-7-4-6-14(12-16)15-9-10-19-17(13-15)8-5-11-21-19/h4-13,18,20H,3H2,1-2H3. The number of hydrogen-bond acceptors (Lipinski definition) is 2. The van der Waals surface area contributed by atoms with Crippen LogP contribution < -0.4 is 5.32 Å². The first kappa shape index (κ1) is 13.8. The fourth-order valence-corrected chi connectivity index (χ4v) is 2.80. The maximum Gasteiger partial charge on any atom is 0.0702 e. The van der Waals surface area contributed by atoms with E-state index in [0.717, 1.165) is 11.9 Å². The van der Waals surface area contributed by atoms with E-state index in [1.54, 1.807) is 0 Å². The highest BCUT2D eigenvalue weighted by atomic mass is 14.9. The van der Waals surface area contributed by atoms with Gasteiger partial charge < -0.3 is 5.32 Å². The van der Waals surface area contributed by atoms with Gasteiger partial charge in [0.2, 0.25) is 0 Å². The van der Waals surface area contributed by atoms with Crippen molar-refractivity contribution < 1.29 is 0 Å². The van der Waals surface area contributed by atoms with Crippen molar-refractivity contribution in [2.45, 2.75) is 19.4 Å². The quantitative estimate of drug-likeness (QED) is 0.755. The van der Waals surface area contributed by atoms with Gasteiger partial charge in [-0.05, 0) is 54.4 Å². The molecular formula is C19H20N2. The highest BCUT2D eigenvalue weighted by Crippen LogP contribution is 2.26. The van der Waals surface area contributed by atoms with Gasteiger partial charge in [0.1, 0.15) is 0 Å². The molecule has 0 amide bonds. The molecule has 0 fully saturated rings. The van der Waals surface area contributed by atoms with Gasteiger partial charge in [0.15, 0.2) is 0 Å². The number of nitrogens with zero attached hydrogens (tertiary/aromatic N) is 1. The number of benzene rings is 2. The topological polar surface area (TPSA) is 24.9 Å². The van der Waals surface area contributed by atoms with Crippen LogP contribution >= 0.6 is 0 Å². The molecule has 1 heterocycles. The van der Waals surface area contributed by atoms with Crippen molar-refractivity contribution >= 4 is 10.9 Å². The fourth-order valence-electron chi connectivity index (χ4n) is 2.80. The molecule has 3 aromatic rings. The summed E-state index contributed by atoms with van der Waals surface area (Å²) in [6, 6.07) is 19.7. The smallest absolute Gasteiger partial charge is 0.0702 e. The molecule has 0 saturated carbocycles. The van der Waals surface area contributed by atoms with E-state index in [0.29, 0.717) is 6.04 Å². The molecule has 0 radical (unpaired) electrons. The van der Waals surface area contributed by atoms with E-state index in [2.05, 4.69) is 65.8 Å². The van der Waals surface area contributed by atoms with Crippen molar-refractivity contribution in [2.75, 3.05) is 7.05 Å². The normalized spacial score (nSPS) is 12.5. The van der Waals surface area contributed by atoms with E-state index in [1.165, 1.54) is 22.1 Å². The molecule has 0 aliphatic heterocycles. The lowest BCUT2D eigenvalue weighted by atomic mass is 9.97. The highest BCUT2D eigenvalue weighted by molar-refractivity contribution is 5.84. The Balaban J connectivity index is 2.03. The molecule has 21 heavy (non-hydrogen) atoms. The van der Waals surface area contributed by atoms with E-state index in [1.807, 2.05) is 19.3 Å². The van der Waals surface area contributed by atoms with Crippen LogP contribution in [0.25, 0.3) is 22.0 Å². The van der Waals surface area contributed by atoms with Gasteiger partial charge in [-0.15, -0.1) is 0 Å². The SMILES string of the molecule is CCC(NC)c1cccc(-c2ccc3ncccc3c2)c1. The van der Waals surface area contributed by atoms with Crippen molar-refractivity contribution in [3.8, 4) is 11.1 Å². The van der Waals surface area contributed by atoms with Crippen molar-refractivity contribution in [2.24, 2.45) is 0 Å². The lowest BCUT2D eigenvalue weighted by molar-refractivity contribution is 0.577. The van der Waals surface area contributed by atoms with Gasteiger partial charge in [0, 0.05) is 17.6 Å². The Morgan fingerprint density at radius 2 is 1.86 bits per heavy atom. The zero-order chi connectivity index (χ0) is 14.7. The minimum atomic E-state index is 0.409. The van der Waals surface area contributed by atoms with Gasteiger partial charge in [-0.2, -0.15) is 0 Å². The summed E-state index contributed by atoms with van der Waals surface area (Å²) in [4.78, 5) is 4.38. The second-order valence-electron chi connectivity index (χ2n) is 5.29. The van der Waals surface area contributed by atoms with Gasteiger partial charge in [-0.25, -0.2) is 0 Å². The Kier molecular flexibility index (Phi) is 3.98. The Morgan fingerprint density at radius 1 is 1.00 bits per heavy atom. The van der Waals surface area contributed by atoms with Crippen LogP contribution in [-0.2, 0) is 0 Å². The highest BCUT2D eigenvalue weighted by Gasteiger charge is 2.08. The first-order valence-corrected chi connectivity index (χ1v) is 7.44. The molecular weight excluding hydrogens is 256 g/mol. The monoisotopic (exact) mass is 276 g/mol. The Morgan fingerprint density at radius 3 is 2.67 bits per heavy atom. The summed E-state index contributed by atoms with van der Waals surface area (Å²) in [6.45, 7) is 2.20. The van der Waals surface area contributed by atoms with Gasteiger partial charge in [-0.3, -0.25) is 4.98 Å². The summed E-state index contributed by atoms with van der Waals surface area (Å²) in [5.74, 6) is 0. The van der Waals surface area contributed by atoms with Gasteiger partial charge in [0.25, 0.3) is 0 Å². The molecule has 1 N–H and O–H groups in total. The third-order valence-electron chi connectivity index (χ3n) is 3.98. The number of fused-ring (bicyclic) bond motifs is 1. The van der Waals surface area contributed by atoms with Crippen LogP contribution in [0.3, 0.4) is 0 Å². The van der Waals surface area contributed by atoms with Crippen molar-refractivity contribution in [1.29, 1.82) is 0 Å². The van der Waals surface area contributed by atoms with E-state index >= 15 is 0 Å². The second-order valence-corrected chi connectivity index (χ2v) is 5.29. The van der Waals surface area contributed by atoms with Crippen LogP contribution in [0.5, 0.6) is 0 Å². The predicted octanol–water partition coefficient (Wildman–Crippen LogP) is 4.57. The molecule has 0 aliphatic carbocycles. The lowest BCUT2D eigenvalue weighted by Crippen LogP contribution is -2.15. The number of rotatable bonds is 4. The van der Waals surface area contributed by atoms with Crippen molar-refractivity contribution in [3.63, 3.8) is 0 Å². The summed E-state index contributed by atoms with van der Waals surface area (Å²) in [5.41, 5.74) is 4.87. The molecule has 0 spiro atoms.